The van der Waals surface area contributed by atoms with E-state index in [9.17, 15) is 5.11 Å². The van der Waals surface area contributed by atoms with Gasteiger partial charge < -0.3 is 14.4 Å². The molecule has 2 fully saturated rings. The molecule has 1 aromatic heterocycles. The molecule has 1 aromatic carbocycles. The van der Waals surface area contributed by atoms with Crippen LogP contribution < -0.4 is 4.74 Å². The van der Waals surface area contributed by atoms with Crippen LogP contribution in [0.2, 0.25) is 0 Å². The van der Waals surface area contributed by atoms with Crippen molar-refractivity contribution in [3.8, 4) is 5.75 Å². The van der Waals surface area contributed by atoms with Gasteiger partial charge in [0.25, 0.3) is 0 Å². The smallest absolute Gasteiger partial charge is 0.144 e. The van der Waals surface area contributed by atoms with Crippen LogP contribution in [0.3, 0.4) is 0 Å². The molecule has 2 aliphatic rings. The Bertz CT molecular complexity index is 719. The number of ether oxygens (including phenoxy) is 1. The fourth-order valence-corrected chi connectivity index (χ4v) is 4.06. The Morgan fingerprint density at radius 1 is 1.28 bits per heavy atom. The average Bonchev–Trinajstić information content (AvgIpc) is 3.17. The number of benzene rings is 1. The van der Waals surface area contributed by atoms with Crippen molar-refractivity contribution in [2.45, 2.75) is 56.7 Å². The van der Waals surface area contributed by atoms with E-state index in [-0.39, 0.29) is 6.04 Å². The highest BCUT2D eigenvalue weighted by Gasteiger charge is 2.41. The fraction of sp³-hybridized carbons (Fsp3) is 0.550. The lowest BCUT2D eigenvalue weighted by molar-refractivity contribution is -0.0256. The number of hydrogen-bond donors (Lipinski definition) is 1. The maximum absolute atomic E-state index is 11.3. The second kappa shape index (κ2) is 6.46. The molecule has 1 aliphatic carbocycles. The van der Waals surface area contributed by atoms with E-state index in [1.807, 2.05) is 37.4 Å². The van der Waals surface area contributed by atoms with Crippen LogP contribution in [-0.4, -0.2) is 34.9 Å². The molecular formula is C20H26N2O3. The Balaban J connectivity index is 1.54. The summed E-state index contributed by atoms with van der Waals surface area (Å²) in [6.45, 7) is 3.71. The first-order valence-electron chi connectivity index (χ1n) is 9.14. The zero-order valence-corrected chi connectivity index (χ0v) is 14.9. The highest BCUT2D eigenvalue weighted by molar-refractivity contribution is 5.32. The highest BCUT2D eigenvalue weighted by Crippen LogP contribution is 2.43. The molecule has 1 saturated carbocycles. The standard InChI is InChI=1S/C20H26N2O3/c1-20(23,16-7-9-17(24-2)10-8-16)18-4-3-11-22(18)13-15-12-21-25-19(15)14-5-6-14/h7-10,12,14,18,23H,3-6,11,13H2,1-2H3/t18-,20-/m0/s1. The molecular weight excluding hydrogens is 316 g/mol. The van der Waals surface area contributed by atoms with E-state index in [1.54, 1.807) is 7.11 Å². The Hall–Kier alpha value is -1.85. The van der Waals surface area contributed by atoms with Gasteiger partial charge in [0.05, 0.1) is 13.3 Å². The number of aromatic nitrogens is 1. The molecule has 0 spiro atoms. The summed E-state index contributed by atoms with van der Waals surface area (Å²) in [5.41, 5.74) is 1.21. The molecule has 2 heterocycles. The van der Waals surface area contributed by atoms with E-state index in [0.29, 0.717) is 5.92 Å². The van der Waals surface area contributed by atoms with Crippen molar-refractivity contribution in [2.24, 2.45) is 0 Å². The van der Waals surface area contributed by atoms with E-state index in [1.165, 1.54) is 18.4 Å². The lowest BCUT2D eigenvalue weighted by atomic mass is 9.86. The van der Waals surface area contributed by atoms with Crippen LogP contribution in [0.1, 0.15) is 55.4 Å². The first kappa shape index (κ1) is 16.6. The molecule has 1 N–H and O–H groups in total. The first-order chi connectivity index (χ1) is 12.1. The lowest BCUT2D eigenvalue weighted by Crippen LogP contribution is -2.45. The SMILES string of the molecule is COc1ccc([C@](C)(O)[C@@H]2CCCN2Cc2cnoc2C2CC2)cc1. The molecule has 25 heavy (non-hydrogen) atoms. The van der Waals surface area contributed by atoms with Gasteiger partial charge in [-0.3, -0.25) is 4.90 Å². The van der Waals surface area contributed by atoms with Gasteiger partial charge in [0, 0.05) is 24.1 Å². The third-order valence-electron chi connectivity index (χ3n) is 5.68. The van der Waals surface area contributed by atoms with Crippen molar-refractivity contribution in [1.29, 1.82) is 0 Å². The van der Waals surface area contributed by atoms with Crippen molar-refractivity contribution >= 4 is 0 Å². The minimum absolute atomic E-state index is 0.0860. The topological polar surface area (TPSA) is 58.7 Å². The van der Waals surface area contributed by atoms with E-state index in [2.05, 4.69) is 10.1 Å². The molecule has 2 aromatic rings. The Kier molecular flexibility index (Phi) is 4.29. The van der Waals surface area contributed by atoms with E-state index < -0.39 is 5.60 Å². The van der Waals surface area contributed by atoms with Crippen molar-refractivity contribution in [3.63, 3.8) is 0 Å². The summed E-state index contributed by atoms with van der Waals surface area (Å²) in [7, 11) is 1.66. The molecule has 0 unspecified atom stereocenters. The molecule has 4 rings (SSSR count). The predicted octanol–water partition coefficient (Wildman–Crippen LogP) is 3.43. The maximum Gasteiger partial charge on any atom is 0.144 e. The van der Waals surface area contributed by atoms with Crippen molar-refractivity contribution < 1.29 is 14.4 Å². The minimum Gasteiger partial charge on any atom is -0.497 e. The zero-order valence-electron chi connectivity index (χ0n) is 14.9. The molecule has 2 atom stereocenters. The maximum atomic E-state index is 11.3. The summed E-state index contributed by atoms with van der Waals surface area (Å²) in [6.07, 6.45) is 6.35. The fourth-order valence-electron chi connectivity index (χ4n) is 4.06. The molecule has 1 aliphatic heterocycles. The van der Waals surface area contributed by atoms with Crippen LogP contribution in [0.15, 0.2) is 35.0 Å². The largest absolute Gasteiger partial charge is 0.497 e. The average molecular weight is 342 g/mol. The predicted molar refractivity (Wildman–Crippen MR) is 94.5 cm³/mol. The minimum atomic E-state index is -0.903. The van der Waals surface area contributed by atoms with Crippen LogP contribution >= 0.6 is 0 Å². The second-order valence-electron chi connectivity index (χ2n) is 7.49. The van der Waals surface area contributed by atoms with Crippen LogP contribution in [0.4, 0.5) is 0 Å². The highest BCUT2D eigenvalue weighted by atomic mass is 16.5. The van der Waals surface area contributed by atoms with Crippen LogP contribution in [0.5, 0.6) is 5.75 Å². The van der Waals surface area contributed by atoms with Crippen molar-refractivity contribution in [1.82, 2.24) is 10.1 Å². The molecule has 0 amide bonds. The normalized spacial score (nSPS) is 23.6. The van der Waals surface area contributed by atoms with Gasteiger partial charge in [0.1, 0.15) is 17.1 Å². The quantitative estimate of drug-likeness (QED) is 0.871. The van der Waals surface area contributed by atoms with Gasteiger partial charge in [-0.25, -0.2) is 0 Å². The van der Waals surface area contributed by atoms with E-state index >= 15 is 0 Å². The lowest BCUT2D eigenvalue weighted by Gasteiger charge is -2.37. The number of hydrogen-bond acceptors (Lipinski definition) is 5. The summed E-state index contributed by atoms with van der Waals surface area (Å²) >= 11 is 0. The van der Waals surface area contributed by atoms with Gasteiger partial charge >= 0.3 is 0 Å². The molecule has 5 heteroatoms. The van der Waals surface area contributed by atoms with E-state index in [0.717, 1.165) is 43.0 Å². The van der Waals surface area contributed by atoms with Gasteiger partial charge in [-0.1, -0.05) is 17.3 Å². The van der Waals surface area contributed by atoms with Crippen molar-refractivity contribution in [2.75, 3.05) is 13.7 Å². The molecule has 134 valence electrons. The number of likely N-dealkylation sites (tertiary alicyclic amines) is 1. The molecule has 0 bridgehead atoms. The summed E-state index contributed by atoms with van der Waals surface area (Å²) in [5, 5.41) is 15.3. The Labute approximate surface area is 148 Å². The van der Waals surface area contributed by atoms with Gasteiger partial charge in [-0.2, -0.15) is 0 Å². The number of aliphatic hydroxyl groups is 1. The first-order valence-corrected chi connectivity index (χ1v) is 9.14. The third-order valence-corrected chi connectivity index (χ3v) is 5.68. The summed E-state index contributed by atoms with van der Waals surface area (Å²) in [5.74, 6) is 2.41. The second-order valence-corrected chi connectivity index (χ2v) is 7.49. The van der Waals surface area contributed by atoms with Gasteiger partial charge in [-0.15, -0.1) is 0 Å². The molecule has 1 saturated heterocycles. The molecule has 5 nitrogen and oxygen atoms in total. The Morgan fingerprint density at radius 2 is 2.04 bits per heavy atom. The summed E-state index contributed by atoms with van der Waals surface area (Å²) < 4.78 is 10.7. The van der Waals surface area contributed by atoms with Crippen molar-refractivity contribution in [3.05, 3.63) is 47.3 Å². The van der Waals surface area contributed by atoms with Gasteiger partial charge in [0.2, 0.25) is 0 Å². The van der Waals surface area contributed by atoms with Crippen LogP contribution in [-0.2, 0) is 12.1 Å². The number of rotatable bonds is 6. The van der Waals surface area contributed by atoms with Gasteiger partial charge in [0.15, 0.2) is 0 Å². The number of nitrogens with zero attached hydrogens (tertiary/aromatic N) is 2. The zero-order chi connectivity index (χ0) is 17.4. The monoisotopic (exact) mass is 342 g/mol. The summed E-state index contributed by atoms with van der Waals surface area (Å²) in [6, 6.07) is 7.83. The van der Waals surface area contributed by atoms with Crippen LogP contribution in [0, 0.1) is 0 Å². The third kappa shape index (κ3) is 3.18. The van der Waals surface area contributed by atoms with E-state index in [4.69, 9.17) is 9.26 Å². The Morgan fingerprint density at radius 3 is 2.72 bits per heavy atom. The summed E-state index contributed by atoms with van der Waals surface area (Å²) in [4.78, 5) is 2.38. The number of methoxy groups -OCH3 is 1. The van der Waals surface area contributed by atoms with Gasteiger partial charge in [-0.05, 0) is 56.8 Å². The van der Waals surface area contributed by atoms with Crippen LogP contribution in [0.25, 0.3) is 0 Å². The molecule has 0 radical (unpaired) electrons.